The predicted molar refractivity (Wildman–Crippen MR) is 106 cm³/mol. The molecule has 0 saturated heterocycles. The van der Waals surface area contributed by atoms with Crippen LogP contribution in [0.15, 0.2) is 73.2 Å². The van der Waals surface area contributed by atoms with Crippen LogP contribution in [0.1, 0.15) is 11.3 Å². The summed E-state index contributed by atoms with van der Waals surface area (Å²) in [7, 11) is 0. The smallest absolute Gasteiger partial charge is 0.295 e. The molecule has 0 aliphatic carbocycles. The van der Waals surface area contributed by atoms with E-state index in [-0.39, 0.29) is 5.69 Å². The molecule has 2 heterocycles. The number of fused-ring (bicyclic) bond motifs is 1. The van der Waals surface area contributed by atoms with Gasteiger partial charge in [0, 0.05) is 23.8 Å². The second kappa shape index (κ2) is 7.63. The van der Waals surface area contributed by atoms with Crippen LogP contribution < -0.4 is 4.74 Å². The van der Waals surface area contributed by atoms with Gasteiger partial charge in [0.05, 0.1) is 16.8 Å². The zero-order valence-electron chi connectivity index (χ0n) is 14.6. The number of rotatable bonds is 5. The van der Waals surface area contributed by atoms with Crippen molar-refractivity contribution >= 4 is 28.7 Å². The molecule has 7 heteroatoms. The summed E-state index contributed by atoms with van der Waals surface area (Å²) < 4.78 is 5.61. The Bertz CT molecular complexity index is 1160. The SMILES string of the molecule is O=[N+]([O-])c1cccc2ccc(/C=C/c3ccc(Oc4cnccn4)cc3)nc12. The van der Waals surface area contributed by atoms with Crippen molar-refractivity contribution in [2.75, 3.05) is 0 Å². The molecule has 28 heavy (non-hydrogen) atoms. The van der Waals surface area contributed by atoms with Gasteiger partial charge in [-0.2, -0.15) is 0 Å². The van der Waals surface area contributed by atoms with Gasteiger partial charge in [0.25, 0.3) is 5.69 Å². The summed E-state index contributed by atoms with van der Waals surface area (Å²) in [5, 5.41) is 11.9. The van der Waals surface area contributed by atoms with Gasteiger partial charge in [-0.3, -0.25) is 15.1 Å². The van der Waals surface area contributed by atoms with E-state index in [1.165, 1.54) is 6.07 Å². The molecule has 0 saturated carbocycles. The van der Waals surface area contributed by atoms with Gasteiger partial charge in [0.15, 0.2) is 0 Å². The number of nitrogens with zero attached hydrogens (tertiary/aromatic N) is 4. The van der Waals surface area contributed by atoms with Gasteiger partial charge in [0.2, 0.25) is 5.88 Å². The Morgan fingerprint density at radius 3 is 2.57 bits per heavy atom. The van der Waals surface area contributed by atoms with Crippen molar-refractivity contribution in [3.05, 3.63) is 94.6 Å². The summed E-state index contributed by atoms with van der Waals surface area (Å²) in [5.74, 6) is 1.07. The monoisotopic (exact) mass is 370 g/mol. The minimum atomic E-state index is -0.418. The minimum Gasteiger partial charge on any atom is -0.438 e. The Morgan fingerprint density at radius 1 is 0.964 bits per heavy atom. The molecule has 0 radical (unpaired) electrons. The van der Waals surface area contributed by atoms with E-state index in [1.807, 2.05) is 48.6 Å². The highest BCUT2D eigenvalue weighted by Gasteiger charge is 2.12. The molecular formula is C21H14N4O3. The highest BCUT2D eigenvalue weighted by atomic mass is 16.6. The number of benzene rings is 2. The van der Waals surface area contributed by atoms with E-state index in [0.29, 0.717) is 22.8 Å². The van der Waals surface area contributed by atoms with Crippen molar-refractivity contribution in [2.45, 2.75) is 0 Å². The first-order chi connectivity index (χ1) is 13.7. The average Bonchev–Trinajstić information content (AvgIpc) is 2.73. The first kappa shape index (κ1) is 17.3. The van der Waals surface area contributed by atoms with Crippen LogP contribution in [0.4, 0.5) is 5.69 Å². The van der Waals surface area contributed by atoms with E-state index < -0.39 is 4.92 Å². The van der Waals surface area contributed by atoms with Gasteiger partial charge >= 0.3 is 0 Å². The number of non-ortho nitro benzene ring substituents is 1. The fourth-order valence-corrected chi connectivity index (χ4v) is 2.67. The van der Waals surface area contributed by atoms with Crippen molar-refractivity contribution < 1.29 is 9.66 Å². The lowest BCUT2D eigenvalue weighted by atomic mass is 10.1. The Morgan fingerprint density at radius 2 is 1.82 bits per heavy atom. The molecule has 0 atom stereocenters. The Labute approximate surface area is 160 Å². The number of hydrogen-bond donors (Lipinski definition) is 0. The molecule has 2 aromatic heterocycles. The number of nitro benzene ring substituents is 1. The van der Waals surface area contributed by atoms with Crippen LogP contribution in [0.5, 0.6) is 11.6 Å². The number of pyridine rings is 1. The van der Waals surface area contributed by atoms with Gasteiger partial charge in [-0.05, 0) is 29.8 Å². The summed E-state index contributed by atoms with van der Waals surface area (Å²) in [5.41, 5.74) is 1.96. The maximum Gasteiger partial charge on any atom is 0.295 e. The Kier molecular flexibility index (Phi) is 4.71. The number of para-hydroxylation sites is 1. The number of ether oxygens (including phenoxy) is 1. The maximum absolute atomic E-state index is 11.2. The standard InChI is InChI=1S/C21H14N4O3/c26-25(27)19-3-1-2-16-7-9-17(24-21(16)19)8-4-15-5-10-18(11-6-15)28-20-14-22-12-13-23-20/h1-14H/b8-4+. The van der Waals surface area contributed by atoms with Crippen LogP contribution in [-0.2, 0) is 0 Å². The third-order valence-corrected chi connectivity index (χ3v) is 4.01. The minimum absolute atomic E-state index is 0.00161. The first-order valence-corrected chi connectivity index (χ1v) is 8.45. The molecular weight excluding hydrogens is 356 g/mol. The zero-order chi connectivity index (χ0) is 19.3. The number of hydrogen-bond acceptors (Lipinski definition) is 6. The van der Waals surface area contributed by atoms with Gasteiger partial charge in [-0.1, -0.05) is 36.4 Å². The second-order valence-corrected chi connectivity index (χ2v) is 5.89. The molecule has 7 nitrogen and oxygen atoms in total. The normalized spacial score (nSPS) is 11.0. The summed E-state index contributed by atoms with van der Waals surface area (Å²) >= 11 is 0. The summed E-state index contributed by atoms with van der Waals surface area (Å²) in [4.78, 5) is 23.2. The van der Waals surface area contributed by atoms with E-state index in [1.54, 1.807) is 30.7 Å². The van der Waals surface area contributed by atoms with E-state index in [0.717, 1.165) is 10.9 Å². The van der Waals surface area contributed by atoms with Gasteiger partial charge in [-0.15, -0.1) is 0 Å². The molecule has 0 unspecified atom stereocenters. The van der Waals surface area contributed by atoms with Crippen molar-refractivity contribution in [3.63, 3.8) is 0 Å². The van der Waals surface area contributed by atoms with E-state index in [9.17, 15) is 10.1 Å². The molecule has 0 N–H and O–H groups in total. The molecule has 0 bridgehead atoms. The van der Waals surface area contributed by atoms with Crippen LogP contribution in [0.3, 0.4) is 0 Å². The Balaban J connectivity index is 1.54. The number of nitro groups is 1. The quantitative estimate of drug-likeness (QED) is 0.367. The third kappa shape index (κ3) is 3.83. The van der Waals surface area contributed by atoms with Crippen LogP contribution in [0.2, 0.25) is 0 Å². The fraction of sp³-hybridized carbons (Fsp3) is 0. The van der Waals surface area contributed by atoms with Crippen LogP contribution in [0.25, 0.3) is 23.1 Å². The Hall–Kier alpha value is -4.13. The summed E-state index contributed by atoms with van der Waals surface area (Å²) in [6, 6.07) is 16.0. The fourth-order valence-electron chi connectivity index (χ4n) is 2.67. The molecule has 4 aromatic rings. The van der Waals surface area contributed by atoms with Crippen LogP contribution in [0, 0.1) is 10.1 Å². The van der Waals surface area contributed by atoms with Crippen molar-refractivity contribution in [2.24, 2.45) is 0 Å². The first-order valence-electron chi connectivity index (χ1n) is 8.45. The van der Waals surface area contributed by atoms with E-state index in [4.69, 9.17) is 4.74 Å². The predicted octanol–water partition coefficient (Wildman–Crippen LogP) is 4.90. The third-order valence-electron chi connectivity index (χ3n) is 4.01. The number of aromatic nitrogens is 3. The molecule has 0 aliphatic heterocycles. The molecule has 0 fully saturated rings. The highest BCUT2D eigenvalue weighted by molar-refractivity contribution is 5.88. The van der Waals surface area contributed by atoms with Crippen molar-refractivity contribution in [1.29, 1.82) is 0 Å². The van der Waals surface area contributed by atoms with Gasteiger partial charge < -0.3 is 4.74 Å². The topological polar surface area (TPSA) is 91.0 Å². The lowest BCUT2D eigenvalue weighted by Gasteiger charge is -2.04. The largest absolute Gasteiger partial charge is 0.438 e. The van der Waals surface area contributed by atoms with Crippen molar-refractivity contribution in [1.82, 2.24) is 15.0 Å². The summed E-state index contributed by atoms with van der Waals surface area (Å²) in [6.07, 6.45) is 8.38. The van der Waals surface area contributed by atoms with Gasteiger partial charge in [0.1, 0.15) is 11.3 Å². The van der Waals surface area contributed by atoms with Crippen LogP contribution >= 0.6 is 0 Å². The van der Waals surface area contributed by atoms with Gasteiger partial charge in [-0.25, -0.2) is 9.97 Å². The molecule has 136 valence electrons. The molecule has 2 aromatic carbocycles. The second-order valence-electron chi connectivity index (χ2n) is 5.89. The molecule has 0 amide bonds. The molecule has 0 aliphatic rings. The van der Waals surface area contributed by atoms with Crippen molar-refractivity contribution in [3.8, 4) is 11.6 Å². The van der Waals surface area contributed by atoms with E-state index in [2.05, 4.69) is 15.0 Å². The summed E-state index contributed by atoms with van der Waals surface area (Å²) in [6.45, 7) is 0. The lowest BCUT2D eigenvalue weighted by molar-refractivity contribution is -0.383. The zero-order valence-corrected chi connectivity index (χ0v) is 14.6. The van der Waals surface area contributed by atoms with E-state index >= 15 is 0 Å². The molecule has 4 rings (SSSR count). The maximum atomic E-state index is 11.2. The average molecular weight is 370 g/mol. The highest BCUT2D eigenvalue weighted by Crippen LogP contribution is 2.24. The molecule has 0 spiro atoms. The lowest BCUT2D eigenvalue weighted by Crippen LogP contribution is -1.92. The van der Waals surface area contributed by atoms with Crippen LogP contribution in [-0.4, -0.2) is 19.9 Å².